The lowest BCUT2D eigenvalue weighted by Crippen LogP contribution is -2.28. The van der Waals surface area contributed by atoms with Crippen LogP contribution in [0.1, 0.15) is 15.2 Å². The Kier molecular flexibility index (Phi) is 5.34. The van der Waals surface area contributed by atoms with Crippen molar-refractivity contribution in [2.24, 2.45) is 0 Å². The maximum absolute atomic E-state index is 12.2. The molecule has 0 aliphatic heterocycles. The number of nitrogens with one attached hydrogen (secondary N) is 2. The van der Waals surface area contributed by atoms with Crippen molar-refractivity contribution in [2.45, 2.75) is 0 Å². The van der Waals surface area contributed by atoms with Crippen LogP contribution in [-0.4, -0.2) is 29.0 Å². The Balaban J connectivity index is 1.52. The number of amides is 1. The Morgan fingerprint density at radius 3 is 2.76 bits per heavy atom. The van der Waals surface area contributed by atoms with Gasteiger partial charge in [0.15, 0.2) is 0 Å². The Hall–Kier alpha value is -3.24. The summed E-state index contributed by atoms with van der Waals surface area (Å²) in [5.41, 5.74) is 1.47. The number of nitriles is 1. The number of pyridine rings is 1. The second-order valence-electron chi connectivity index (χ2n) is 5.09. The average molecular weight is 349 g/mol. The molecule has 2 N–H and O–H groups in total. The third-order valence-corrected chi connectivity index (χ3v) is 4.43. The first-order valence-corrected chi connectivity index (χ1v) is 8.48. The highest BCUT2D eigenvalue weighted by Gasteiger charge is 2.11. The van der Waals surface area contributed by atoms with E-state index < -0.39 is 0 Å². The number of thiazole rings is 1. The van der Waals surface area contributed by atoms with Gasteiger partial charge in [0.2, 0.25) is 0 Å². The number of rotatable bonds is 6. The molecule has 0 aliphatic rings. The SMILES string of the molecule is N#Cc1cccnc1NCCNC(=O)c1cnc(-c2ccccc2)s1. The number of hydrogen-bond donors (Lipinski definition) is 2. The van der Waals surface area contributed by atoms with E-state index in [1.54, 1.807) is 24.5 Å². The van der Waals surface area contributed by atoms with Gasteiger partial charge in [0.05, 0.1) is 11.8 Å². The molecule has 0 unspecified atom stereocenters. The van der Waals surface area contributed by atoms with Crippen LogP contribution < -0.4 is 10.6 Å². The van der Waals surface area contributed by atoms with E-state index >= 15 is 0 Å². The molecular weight excluding hydrogens is 334 g/mol. The maximum Gasteiger partial charge on any atom is 0.263 e. The molecule has 0 aliphatic carbocycles. The molecule has 2 heterocycles. The quantitative estimate of drug-likeness (QED) is 0.668. The molecule has 1 amide bonds. The minimum atomic E-state index is -0.164. The molecule has 1 aromatic carbocycles. The highest BCUT2D eigenvalue weighted by molar-refractivity contribution is 7.16. The van der Waals surface area contributed by atoms with E-state index in [-0.39, 0.29) is 5.91 Å². The van der Waals surface area contributed by atoms with Gasteiger partial charge in [0, 0.05) is 24.8 Å². The minimum Gasteiger partial charge on any atom is -0.367 e. The highest BCUT2D eigenvalue weighted by atomic mass is 32.1. The van der Waals surface area contributed by atoms with E-state index in [9.17, 15) is 4.79 Å². The third kappa shape index (κ3) is 4.19. The Morgan fingerprint density at radius 1 is 1.12 bits per heavy atom. The van der Waals surface area contributed by atoms with Crippen LogP contribution in [0.15, 0.2) is 54.9 Å². The van der Waals surface area contributed by atoms with Crippen molar-refractivity contribution >= 4 is 23.1 Å². The van der Waals surface area contributed by atoms with Gasteiger partial charge in [0.25, 0.3) is 5.91 Å². The molecule has 0 saturated heterocycles. The number of benzene rings is 1. The van der Waals surface area contributed by atoms with Crippen LogP contribution in [0, 0.1) is 11.3 Å². The van der Waals surface area contributed by atoms with Gasteiger partial charge in [-0.3, -0.25) is 4.79 Å². The summed E-state index contributed by atoms with van der Waals surface area (Å²) in [4.78, 5) is 21.2. The van der Waals surface area contributed by atoms with Crippen LogP contribution in [0.5, 0.6) is 0 Å². The summed E-state index contributed by atoms with van der Waals surface area (Å²) >= 11 is 1.36. The lowest BCUT2D eigenvalue weighted by molar-refractivity contribution is 0.0959. The fourth-order valence-corrected chi connectivity index (χ4v) is 3.01. The zero-order chi connectivity index (χ0) is 17.5. The minimum absolute atomic E-state index is 0.164. The molecular formula is C18H15N5OS. The van der Waals surface area contributed by atoms with Crippen molar-refractivity contribution in [3.05, 3.63) is 65.3 Å². The monoisotopic (exact) mass is 349 g/mol. The van der Waals surface area contributed by atoms with Gasteiger partial charge < -0.3 is 10.6 Å². The number of carbonyl (C=O) groups excluding carboxylic acids is 1. The fourth-order valence-electron chi connectivity index (χ4n) is 2.17. The molecule has 0 radical (unpaired) electrons. The molecule has 7 heteroatoms. The Morgan fingerprint density at radius 2 is 1.96 bits per heavy atom. The second kappa shape index (κ2) is 8.04. The van der Waals surface area contributed by atoms with E-state index in [0.717, 1.165) is 10.6 Å². The fraction of sp³-hybridized carbons (Fsp3) is 0.111. The smallest absolute Gasteiger partial charge is 0.263 e. The third-order valence-electron chi connectivity index (χ3n) is 3.38. The van der Waals surface area contributed by atoms with Crippen molar-refractivity contribution in [3.8, 4) is 16.6 Å². The van der Waals surface area contributed by atoms with Crippen LogP contribution in [0.4, 0.5) is 5.82 Å². The summed E-state index contributed by atoms with van der Waals surface area (Å²) in [7, 11) is 0. The van der Waals surface area contributed by atoms with Crippen molar-refractivity contribution < 1.29 is 4.79 Å². The van der Waals surface area contributed by atoms with Crippen molar-refractivity contribution in [3.63, 3.8) is 0 Å². The van der Waals surface area contributed by atoms with Gasteiger partial charge in [-0.15, -0.1) is 11.3 Å². The second-order valence-corrected chi connectivity index (χ2v) is 6.12. The molecule has 3 rings (SSSR count). The van der Waals surface area contributed by atoms with Crippen LogP contribution in [0.25, 0.3) is 10.6 Å². The summed E-state index contributed by atoms with van der Waals surface area (Å²) in [6, 6.07) is 15.2. The van der Waals surface area contributed by atoms with Crippen molar-refractivity contribution in [1.29, 1.82) is 5.26 Å². The Bertz CT molecular complexity index is 901. The van der Waals surface area contributed by atoms with Crippen LogP contribution in [0.2, 0.25) is 0 Å². The zero-order valence-electron chi connectivity index (χ0n) is 13.3. The lowest BCUT2D eigenvalue weighted by Gasteiger charge is -2.07. The molecule has 0 spiro atoms. The van der Waals surface area contributed by atoms with E-state index in [2.05, 4.69) is 26.7 Å². The molecule has 0 atom stereocenters. The van der Waals surface area contributed by atoms with E-state index in [4.69, 9.17) is 5.26 Å². The number of aromatic nitrogens is 2. The van der Waals surface area contributed by atoms with Gasteiger partial charge in [-0.1, -0.05) is 30.3 Å². The number of nitrogens with zero attached hydrogens (tertiary/aromatic N) is 3. The van der Waals surface area contributed by atoms with E-state index in [0.29, 0.717) is 29.3 Å². The molecule has 25 heavy (non-hydrogen) atoms. The summed E-state index contributed by atoms with van der Waals surface area (Å²) in [6.07, 6.45) is 3.20. The summed E-state index contributed by atoms with van der Waals surface area (Å²) in [5.74, 6) is 0.353. The van der Waals surface area contributed by atoms with Crippen LogP contribution >= 0.6 is 11.3 Å². The molecule has 0 bridgehead atoms. The van der Waals surface area contributed by atoms with E-state index in [1.807, 2.05) is 30.3 Å². The largest absolute Gasteiger partial charge is 0.367 e. The van der Waals surface area contributed by atoms with Gasteiger partial charge in [-0.2, -0.15) is 5.26 Å². The van der Waals surface area contributed by atoms with Gasteiger partial charge in [-0.25, -0.2) is 9.97 Å². The van der Waals surface area contributed by atoms with Gasteiger partial charge >= 0.3 is 0 Å². The first kappa shape index (κ1) is 16.6. The summed E-state index contributed by atoms with van der Waals surface area (Å²) in [6.45, 7) is 0.890. The average Bonchev–Trinajstić information content (AvgIpc) is 3.16. The standard InChI is InChI=1S/C18H15N5OS/c19-11-14-7-4-8-20-16(14)21-9-10-22-17(24)15-12-23-18(25-15)13-5-2-1-3-6-13/h1-8,12H,9-10H2,(H,20,21)(H,22,24). The predicted molar refractivity (Wildman–Crippen MR) is 97.3 cm³/mol. The van der Waals surface area contributed by atoms with Crippen molar-refractivity contribution in [1.82, 2.24) is 15.3 Å². The number of hydrogen-bond acceptors (Lipinski definition) is 6. The maximum atomic E-state index is 12.2. The zero-order valence-corrected chi connectivity index (χ0v) is 14.1. The first-order chi connectivity index (χ1) is 12.3. The highest BCUT2D eigenvalue weighted by Crippen LogP contribution is 2.24. The molecule has 124 valence electrons. The summed E-state index contributed by atoms with van der Waals surface area (Å²) in [5, 5.41) is 15.7. The van der Waals surface area contributed by atoms with E-state index in [1.165, 1.54) is 11.3 Å². The van der Waals surface area contributed by atoms with Crippen LogP contribution in [0.3, 0.4) is 0 Å². The number of carbonyl (C=O) groups is 1. The van der Waals surface area contributed by atoms with Gasteiger partial charge in [0.1, 0.15) is 21.8 Å². The molecule has 2 aromatic heterocycles. The normalized spacial score (nSPS) is 10.0. The molecule has 0 fully saturated rings. The Labute approximate surface area is 149 Å². The summed E-state index contributed by atoms with van der Waals surface area (Å²) < 4.78 is 0. The topological polar surface area (TPSA) is 90.7 Å². The lowest BCUT2D eigenvalue weighted by atomic mass is 10.2. The van der Waals surface area contributed by atoms with Crippen LogP contribution in [-0.2, 0) is 0 Å². The van der Waals surface area contributed by atoms with Gasteiger partial charge in [-0.05, 0) is 12.1 Å². The number of anilines is 1. The van der Waals surface area contributed by atoms with Crippen molar-refractivity contribution in [2.75, 3.05) is 18.4 Å². The predicted octanol–water partition coefficient (Wildman–Crippen LogP) is 2.92. The molecule has 0 saturated carbocycles. The molecule has 6 nitrogen and oxygen atoms in total. The first-order valence-electron chi connectivity index (χ1n) is 7.66. The molecule has 3 aromatic rings.